The number of nitrogens with one attached hydrogen (secondary N) is 1. The van der Waals surface area contributed by atoms with Crippen LogP contribution in [0.4, 0.5) is 0 Å². The standard InChI is InChI=1S/C12H20N2O2/c1-5-10(11-7-6-8-16-11)13-9(2)12(15)14(3)4/h6-10,13H,5H2,1-4H3. The predicted octanol–water partition coefficient (Wildman–Crippen LogP) is 1.80. The Labute approximate surface area is 96.6 Å². The van der Waals surface area contributed by atoms with Crippen LogP contribution >= 0.6 is 0 Å². The van der Waals surface area contributed by atoms with E-state index < -0.39 is 0 Å². The van der Waals surface area contributed by atoms with Crippen LogP contribution in [0.15, 0.2) is 22.8 Å². The smallest absolute Gasteiger partial charge is 0.238 e. The molecule has 1 aromatic heterocycles. The van der Waals surface area contributed by atoms with Gasteiger partial charge in [-0.25, -0.2) is 0 Å². The predicted molar refractivity (Wildman–Crippen MR) is 63.0 cm³/mol. The van der Waals surface area contributed by atoms with E-state index >= 15 is 0 Å². The second kappa shape index (κ2) is 5.70. The van der Waals surface area contributed by atoms with E-state index in [1.807, 2.05) is 19.1 Å². The SMILES string of the molecule is CCC(NC(C)C(=O)N(C)C)c1ccco1. The van der Waals surface area contributed by atoms with Gasteiger partial charge in [-0.05, 0) is 25.5 Å². The normalized spacial score (nSPS) is 14.5. The number of carbonyl (C=O) groups excluding carboxylic acids is 1. The number of hydrogen-bond donors (Lipinski definition) is 1. The van der Waals surface area contributed by atoms with Crippen LogP contribution in [0.25, 0.3) is 0 Å². The Morgan fingerprint density at radius 1 is 1.56 bits per heavy atom. The van der Waals surface area contributed by atoms with Gasteiger partial charge >= 0.3 is 0 Å². The molecule has 0 bridgehead atoms. The number of nitrogens with zero attached hydrogens (tertiary/aromatic N) is 1. The monoisotopic (exact) mass is 224 g/mol. The highest BCUT2D eigenvalue weighted by Crippen LogP contribution is 2.17. The first-order chi connectivity index (χ1) is 7.56. The maximum absolute atomic E-state index is 11.7. The summed E-state index contributed by atoms with van der Waals surface area (Å²) in [6.07, 6.45) is 2.54. The van der Waals surface area contributed by atoms with Crippen molar-refractivity contribution in [1.29, 1.82) is 0 Å². The van der Waals surface area contributed by atoms with E-state index in [-0.39, 0.29) is 18.0 Å². The fraction of sp³-hybridized carbons (Fsp3) is 0.583. The van der Waals surface area contributed by atoms with Gasteiger partial charge in [0.1, 0.15) is 5.76 Å². The molecule has 0 fully saturated rings. The van der Waals surface area contributed by atoms with Crippen molar-refractivity contribution in [3.05, 3.63) is 24.2 Å². The molecule has 4 heteroatoms. The Morgan fingerprint density at radius 3 is 2.69 bits per heavy atom. The van der Waals surface area contributed by atoms with Gasteiger partial charge in [-0.2, -0.15) is 0 Å². The molecule has 1 amide bonds. The van der Waals surface area contributed by atoms with Crippen LogP contribution in [0.2, 0.25) is 0 Å². The van der Waals surface area contributed by atoms with Gasteiger partial charge in [0.2, 0.25) is 5.91 Å². The minimum atomic E-state index is -0.204. The van der Waals surface area contributed by atoms with E-state index in [0.29, 0.717) is 0 Å². The molecule has 1 rings (SSSR count). The molecule has 0 radical (unpaired) electrons. The van der Waals surface area contributed by atoms with Gasteiger partial charge in [0.05, 0.1) is 18.3 Å². The van der Waals surface area contributed by atoms with Crippen LogP contribution in [-0.2, 0) is 4.79 Å². The molecule has 0 spiro atoms. The Balaban J connectivity index is 2.61. The topological polar surface area (TPSA) is 45.5 Å². The molecule has 0 aromatic carbocycles. The summed E-state index contributed by atoms with van der Waals surface area (Å²) in [6.45, 7) is 3.93. The molecule has 2 atom stereocenters. The minimum absolute atomic E-state index is 0.0741. The third kappa shape index (κ3) is 3.10. The number of furan rings is 1. The van der Waals surface area contributed by atoms with Gasteiger partial charge in [-0.15, -0.1) is 0 Å². The first kappa shape index (κ1) is 12.8. The Morgan fingerprint density at radius 2 is 2.25 bits per heavy atom. The zero-order valence-corrected chi connectivity index (χ0v) is 10.4. The van der Waals surface area contributed by atoms with Crippen molar-refractivity contribution >= 4 is 5.91 Å². The van der Waals surface area contributed by atoms with Crippen molar-refractivity contribution in [3.63, 3.8) is 0 Å². The lowest BCUT2D eigenvalue weighted by Gasteiger charge is -2.22. The first-order valence-corrected chi connectivity index (χ1v) is 5.56. The number of hydrogen-bond acceptors (Lipinski definition) is 3. The fourth-order valence-electron chi connectivity index (χ4n) is 1.65. The quantitative estimate of drug-likeness (QED) is 0.829. The summed E-state index contributed by atoms with van der Waals surface area (Å²) < 4.78 is 5.34. The molecule has 1 heterocycles. The summed E-state index contributed by atoms with van der Waals surface area (Å²) in [6, 6.07) is 3.67. The summed E-state index contributed by atoms with van der Waals surface area (Å²) in [5.41, 5.74) is 0. The van der Waals surface area contributed by atoms with Gasteiger partial charge in [0.25, 0.3) is 0 Å². The number of amides is 1. The van der Waals surface area contributed by atoms with Crippen molar-refractivity contribution in [2.45, 2.75) is 32.4 Å². The number of rotatable bonds is 5. The zero-order valence-electron chi connectivity index (χ0n) is 10.4. The lowest BCUT2D eigenvalue weighted by Crippen LogP contribution is -2.42. The third-order valence-corrected chi connectivity index (χ3v) is 2.56. The summed E-state index contributed by atoms with van der Waals surface area (Å²) in [5.74, 6) is 0.950. The molecule has 0 aliphatic carbocycles. The third-order valence-electron chi connectivity index (χ3n) is 2.56. The molecular weight excluding hydrogens is 204 g/mol. The molecule has 0 saturated heterocycles. The highest BCUT2D eigenvalue weighted by atomic mass is 16.3. The highest BCUT2D eigenvalue weighted by molar-refractivity contribution is 5.80. The molecule has 1 aromatic rings. The maximum Gasteiger partial charge on any atom is 0.238 e. The van der Waals surface area contributed by atoms with Crippen LogP contribution in [0.5, 0.6) is 0 Å². The fourth-order valence-corrected chi connectivity index (χ4v) is 1.65. The van der Waals surface area contributed by atoms with Gasteiger partial charge < -0.3 is 9.32 Å². The zero-order chi connectivity index (χ0) is 12.1. The number of likely N-dealkylation sites (N-methyl/N-ethyl adjacent to an activating group) is 1. The van der Waals surface area contributed by atoms with Crippen LogP contribution < -0.4 is 5.32 Å². The van der Waals surface area contributed by atoms with Gasteiger partial charge in [0.15, 0.2) is 0 Å². The number of carbonyl (C=O) groups is 1. The van der Waals surface area contributed by atoms with E-state index in [9.17, 15) is 4.79 Å². The van der Waals surface area contributed by atoms with Crippen molar-refractivity contribution in [3.8, 4) is 0 Å². The van der Waals surface area contributed by atoms with Crippen molar-refractivity contribution in [2.75, 3.05) is 14.1 Å². The lowest BCUT2D eigenvalue weighted by molar-refractivity contribution is -0.130. The van der Waals surface area contributed by atoms with E-state index in [1.54, 1.807) is 25.3 Å². The Kier molecular flexibility index (Phi) is 4.55. The van der Waals surface area contributed by atoms with Gasteiger partial charge in [-0.1, -0.05) is 6.92 Å². The molecule has 16 heavy (non-hydrogen) atoms. The highest BCUT2D eigenvalue weighted by Gasteiger charge is 2.20. The van der Waals surface area contributed by atoms with Crippen LogP contribution in [-0.4, -0.2) is 30.9 Å². The summed E-state index contributed by atoms with van der Waals surface area (Å²) in [5, 5.41) is 3.27. The second-order valence-electron chi connectivity index (χ2n) is 4.10. The summed E-state index contributed by atoms with van der Waals surface area (Å²) in [4.78, 5) is 13.3. The summed E-state index contributed by atoms with van der Waals surface area (Å²) >= 11 is 0. The first-order valence-electron chi connectivity index (χ1n) is 5.56. The minimum Gasteiger partial charge on any atom is -0.468 e. The van der Waals surface area contributed by atoms with E-state index in [0.717, 1.165) is 12.2 Å². The average Bonchev–Trinajstić information content (AvgIpc) is 2.77. The maximum atomic E-state index is 11.7. The van der Waals surface area contributed by atoms with Gasteiger partial charge in [0, 0.05) is 14.1 Å². The Bertz CT molecular complexity index is 320. The molecule has 0 aliphatic heterocycles. The van der Waals surface area contributed by atoms with Crippen molar-refractivity contribution in [2.24, 2.45) is 0 Å². The van der Waals surface area contributed by atoms with Crippen LogP contribution in [0.3, 0.4) is 0 Å². The molecule has 4 nitrogen and oxygen atoms in total. The van der Waals surface area contributed by atoms with Gasteiger partial charge in [-0.3, -0.25) is 10.1 Å². The Hall–Kier alpha value is -1.29. The molecule has 0 aliphatic rings. The molecule has 90 valence electrons. The van der Waals surface area contributed by atoms with E-state index in [1.165, 1.54) is 0 Å². The van der Waals surface area contributed by atoms with Crippen molar-refractivity contribution in [1.82, 2.24) is 10.2 Å². The molecule has 0 saturated carbocycles. The summed E-state index contributed by atoms with van der Waals surface area (Å²) in [7, 11) is 3.52. The largest absolute Gasteiger partial charge is 0.468 e. The average molecular weight is 224 g/mol. The molecule has 1 N–H and O–H groups in total. The van der Waals surface area contributed by atoms with E-state index in [2.05, 4.69) is 12.2 Å². The lowest BCUT2D eigenvalue weighted by atomic mass is 10.1. The van der Waals surface area contributed by atoms with E-state index in [4.69, 9.17) is 4.42 Å². The second-order valence-corrected chi connectivity index (χ2v) is 4.10. The molecule has 2 unspecified atom stereocenters. The van der Waals surface area contributed by atoms with Crippen LogP contribution in [0.1, 0.15) is 32.1 Å². The molecular formula is C12H20N2O2. The van der Waals surface area contributed by atoms with Crippen molar-refractivity contribution < 1.29 is 9.21 Å². The van der Waals surface area contributed by atoms with Crippen LogP contribution in [0, 0.1) is 0 Å².